The van der Waals surface area contributed by atoms with E-state index in [2.05, 4.69) is 4.72 Å². The number of rotatable bonds is 5. The molecule has 0 heterocycles. The molecule has 21 heavy (non-hydrogen) atoms. The van der Waals surface area contributed by atoms with E-state index >= 15 is 0 Å². The highest BCUT2D eigenvalue weighted by molar-refractivity contribution is 7.90. The molecule has 6 heteroatoms. The lowest BCUT2D eigenvalue weighted by Gasteiger charge is -2.14. The van der Waals surface area contributed by atoms with E-state index in [1.807, 2.05) is 30.3 Å². The van der Waals surface area contributed by atoms with Crippen molar-refractivity contribution in [3.8, 4) is 5.75 Å². The average Bonchev–Trinajstić information content (AvgIpc) is 2.42. The van der Waals surface area contributed by atoms with E-state index in [9.17, 15) is 13.5 Å². The van der Waals surface area contributed by atoms with Crippen LogP contribution in [0.4, 0.5) is 5.69 Å². The van der Waals surface area contributed by atoms with Crippen LogP contribution in [0.25, 0.3) is 0 Å². The zero-order valence-corrected chi connectivity index (χ0v) is 12.8. The van der Waals surface area contributed by atoms with Gasteiger partial charge < -0.3 is 5.11 Å². The summed E-state index contributed by atoms with van der Waals surface area (Å²) in [5.74, 6) is 0.0674. The molecule has 0 amide bonds. The molecule has 0 aliphatic carbocycles. The fourth-order valence-electron chi connectivity index (χ4n) is 1.83. The quantitative estimate of drug-likeness (QED) is 0.889. The molecule has 0 saturated heterocycles. The van der Waals surface area contributed by atoms with Gasteiger partial charge >= 0.3 is 10.2 Å². The van der Waals surface area contributed by atoms with Crippen LogP contribution in [0.15, 0.2) is 48.5 Å². The summed E-state index contributed by atoms with van der Waals surface area (Å²) in [4.78, 5) is 0. The van der Waals surface area contributed by atoms with E-state index in [0.717, 1.165) is 15.4 Å². The van der Waals surface area contributed by atoms with Crippen LogP contribution in [-0.4, -0.2) is 31.9 Å². The second-order valence-electron chi connectivity index (χ2n) is 4.90. The third kappa shape index (κ3) is 3.96. The molecule has 0 bridgehead atoms. The normalized spacial score (nSPS) is 11.6. The molecule has 0 radical (unpaired) electrons. The summed E-state index contributed by atoms with van der Waals surface area (Å²) in [5, 5.41) is 10.0. The lowest BCUT2D eigenvalue weighted by Crippen LogP contribution is -2.28. The summed E-state index contributed by atoms with van der Waals surface area (Å²) in [6, 6.07) is 14.5. The van der Waals surface area contributed by atoms with Crippen LogP contribution in [0.3, 0.4) is 0 Å². The van der Waals surface area contributed by atoms with Gasteiger partial charge in [-0.25, -0.2) is 0 Å². The lowest BCUT2D eigenvalue weighted by atomic mass is 10.0. The van der Waals surface area contributed by atoms with Gasteiger partial charge in [-0.2, -0.15) is 12.7 Å². The molecular weight excluding hydrogens is 288 g/mol. The van der Waals surface area contributed by atoms with Crippen molar-refractivity contribution in [2.24, 2.45) is 0 Å². The van der Waals surface area contributed by atoms with Gasteiger partial charge in [-0.1, -0.05) is 36.4 Å². The van der Waals surface area contributed by atoms with Gasteiger partial charge in [0, 0.05) is 26.6 Å². The third-order valence-corrected chi connectivity index (χ3v) is 4.51. The lowest BCUT2D eigenvalue weighted by molar-refractivity contribution is 0.470. The predicted octanol–water partition coefficient (Wildman–Crippen LogP) is 2.20. The molecule has 0 saturated carbocycles. The maximum atomic E-state index is 11.7. The van der Waals surface area contributed by atoms with Crippen molar-refractivity contribution < 1.29 is 13.5 Å². The van der Waals surface area contributed by atoms with Crippen molar-refractivity contribution in [2.75, 3.05) is 18.8 Å². The van der Waals surface area contributed by atoms with Crippen LogP contribution in [0, 0.1) is 0 Å². The molecule has 0 aliphatic rings. The number of phenolic OH excluding ortho intramolecular Hbond substituents is 1. The molecule has 5 nitrogen and oxygen atoms in total. The van der Waals surface area contributed by atoms with Crippen LogP contribution in [-0.2, 0) is 16.6 Å². The molecule has 0 aromatic heterocycles. The Bertz CT molecular complexity index is 713. The predicted molar refractivity (Wildman–Crippen MR) is 83.6 cm³/mol. The first-order valence-corrected chi connectivity index (χ1v) is 7.88. The van der Waals surface area contributed by atoms with Gasteiger partial charge in [-0.05, 0) is 17.2 Å². The minimum absolute atomic E-state index is 0.0674. The number of nitrogens with zero attached hydrogens (tertiary/aromatic N) is 1. The Kier molecular flexibility index (Phi) is 4.50. The number of nitrogens with one attached hydrogen (secondary N) is 1. The Balaban J connectivity index is 2.18. The number of anilines is 1. The number of aromatic hydroxyl groups is 1. The van der Waals surface area contributed by atoms with E-state index < -0.39 is 10.2 Å². The SMILES string of the molecule is CN(C)S(=O)(=O)Nc1ccc(Cc2ccccc2)c(O)c1. The van der Waals surface area contributed by atoms with Crippen molar-refractivity contribution in [3.05, 3.63) is 59.7 Å². The summed E-state index contributed by atoms with van der Waals surface area (Å²) < 4.78 is 26.9. The Labute approximate surface area is 125 Å². The minimum atomic E-state index is -3.57. The molecule has 0 unspecified atom stereocenters. The number of hydrogen-bond acceptors (Lipinski definition) is 3. The smallest absolute Gasteiger partial charge is 0.301 e. The van der Waals surface area contributed by atoms with Crippen molar-refractivity contribution in [1.29, 1.82) is 0 Å². The Hall–Kier alpha value is -2.05. The molecule has 2 N–H and O–H groups in total. The van der Waals surface area contributed by atoms with E-state index in [4.69, 9.17) is 0 Å². The fourth-order valence-corrected chi connectivity index (χ4v) is 2.44. The van der Waals surface area contributed by atoms with E-state index in [1.54, 1.807) is 12.1 Å². The highest BCUT2D eigenvalue weighted by Gasteiger charge is 2.14. The molecule has 2 rings (SSSR count). The Morgan fingerprint density at radius 3 is 2.33 bits per heavy atom. The minimum Gasteiger partial charge on any atom is -0.508 e. The van der Waals surface area contributed by atoms with Crippen LogP contribution >= 0.6 is 0 Å². The molecule has 0 fully saturated rings. The Morgan fingerprint density at radius 2 is 1.76 bits per heavy atom. The van der Waals surface area contributed by atoms with Gasteiger partial charge in [-0.15, -0.1) is 0 Å². The zero-order valence-electron chi connectivity index (χ0n) is 11.9. The molecule has 0 atom stereocenters. The van der Waals surface area contributed by atoms with Crippen molar-refractivity contribution in [2.45, 2.75) is 6.42 Å². The van der Waals surface area contributed by atoms with Crippen LogP contribution in [0.5, 0.6) is 5.75 Å². The van der Waals surface area contributed by atoms with Gasteiger partial charge in [0.2, 0.25) is 0 Å². The standard InChI is InChI=1S/C15H18N2O3S/c1-17(2)21(19,20)16-14-9-8-13(15(18)11-14)10-12-6-4-3-5-7-12/h3-9,11,16,18H,10H2,1-2H3. The molecule has 0 aliphatic heterocycles. The summed E-state index contributed by atoms with van der Waals surface area (Å²) in [5.41, 5.74) is 2.15. The molecule has 2 aromatic carbocycles. The topological polar surface area (TPSA) is 69.6 Å². The first-order valence-electron chi connectivity index (χ1n) is 6.44. The monoisotopic (exact) mass is 306 g/mol. The van der Waals surface area contributed by atoms with E-state index in [0.29, 0.717) is 12.1 Å². The fraction of sp³-hybridized carbons (Fsp3) is 0.200. The van der Waals surface area contributed by atoms with Crippen molar-refractivity contribution in [1.82, 2.24) is 4.31 Å². The molecular formula is C15H18N2O3S. The van der Waals surface area contributed by atoms with Gasteiger partial charge in [0.05, 0.1) is 5.69 Å². The molecule has 112 valence electrons. The average molecular weight is 306 g/mol. The van der Waals surface area contributed by atoms with Crippen molar-refractivity contribution in [3.63, 3.8) is 0 Å². The second-order valence-corrected chi connectivity index (χ2v) is 6.78. The largest absolute Gasteiger partial charge is 0.508 e. The number of benzene rings is 2. The molecule has 0 spiro atoms. The summed E-state index contributed by atoms with van der Waals surface area (Å²) >= 11 is 0. The van der Waals surface area contributed by atoms with Gasteiger partial charge in [-0.3, -0.25) is 4.72 Å². The first kappa shape index (κ1) is 15.3. The zero-order chi connectivity index (χ0) is 15.5. The summed E-state index contributed by atoms with van der Waals surface area (Å²) in [7, 11) is -0.695. The second kappa shape index (κ2) is 6.15. The van der Waals surface area contributed by atoms with Crippen LogP contribution in [0.1, 0.15) is 11.1 Å². The van der Waals surface area contributed by atoms with Gasteiger partial charge in [0.1, 0.15) is 5.75 Å². The number of phenols is 1. The van der Waals surface area contributed by atoms with Crippen molar-refractivity contribution >= 4 is 15.9 Å². The van der Waals surface area contributed by atoms with Gasteiger partial charge in [0.15, 0.2) is 0 Å². The Morgan fingerprint density at radius 1 is 1.10 bits per heavy atom. The summed E-state index contributed by atoms with van der Waals surface area (Å²) in [6.07, 6.45) is 0.591. The summed E-state index contributed by atoms with van der Waals surface area (Å²) in [6.45, 7) is 0. The maximum Gasteiger partial charge on any atom is 0.301 e. The molecule has 2 aromatic rings. The highest BCUT2D eigenvalue weighted by atomic mass is 32.2. The van der Waals surface area contributed by atoms with Gasteiger partial charge in [0.25, 0.3) is 0 Å². The maximum absolute atomic E-state index is 11.7. The van der Waals surface area contributed by atoms with Crippen LogP contribution in [0.2, 0.25) is 0 Å². The number of hydrogen-bond donors (Lipinski definition) is 2. The van der Waals surface area contributed by atoms with E-state index in [1.165, 1.54) is 20.2 Å². The first-order chi connectivity index (χ1) is 9.88. The highest BCUT2D eigenvalue weighted by Crippen LogP contribution is 2.25. The van der Waals surface area contributed by atoms with Crippen LogP contribution < -0.4 is 4.72 Å². The third-order valence-electron chi connectivity index (χ3n) is 3.05. The van der Waals surface area contributed by atoms with E-state index in [-0.39, 0.29) is 5.75 Å².